The molecule has 25 heavy (non-hydrogen) atoms. The summed E-state index contributed by atoms with van der Waals surface area (Å²) >= 11 is 0. The molecule has 0 unspecified atom stereocenters. The third-order valence-corrected chi connectivity index (χ3v) is 4.78. The van der Waals surface area contributed by atoms with Gasteiger partial charge in [0.2, 0.25) is 5.91 Å². The normalized spacial score (nSPS) is 21.1. The van der Waals surface area contributed by atoms with E-state index >= 15 is 0 Å². The summed E-state index contributed by atoms with van der Waals surface area (Å²) in [7, 11) is 0. The molecular formula is C19H26N2O4. The summed E-state index contributed by atoms with van der Waals surface area (Å²) < 4.78 is 10.8. The molecule has 0 aliphatic carbocycles. The number of ether oxygens (including phenoxy) is 2. The predicted octanol–water partition coefficient (Wildman–Crippen LogP) is 1.94. The highest BCUT2D eigenvalue weighted by Crippen LogP contribution is 2.23. The number of hydrogen-bond acceptors (Lipinski definition) is 4. The molecule has 2 amide bonds. The second kappa shape index (κ2) is 8.34. The number of morpholine rings is 1. The lowest BCUT2D eigenvalue weighted by Gasteiger charge is -2.38. The number of nitrogens with zero attached hydrogens (tertiary/aromatic N) is 2. The smallest absolute Gasteiger partial charge is 0.254 e. The average molecular weight is 346 g/mol. The Kier molecular flexibility index (Phi) is 5.91. The molecule has 1 aromatic rings. The Hall–Kier alpha value is -2.08. The van der Waals surface area contributed by atoms with Gasteiger partial charge in [0, 0.05) is 25.2 Å². The van der Waals surface area contributed by atoms with Gasteiger partial charge in [-0.1, -0.05) is 0 Å². The zero-order valence-electron chi connectivity index (χ0n) is 14.8. The molecule has 0 radical (unpaired) electrons. The molecule has 0 aromatic heterocycles. The van der Waals surface area contributed by atoms with Crippen LogP contribution in [-0.2, 0) is 9.53 Å². The van der Waals surface area contributed by atoms with Crippen molar-refractivity contribution in [1.29, 1.82) is 0 Å². The minimum atomic E-state index is -0.356. The molecule has 136 valence electrons. The van der Waals surface area contributed by atoms with Crippen molar-refractivity contribution in [3.05, 3.63) is 29.8 Å². The van der Waals surface area contributed by atoms with Crippen molar-refractivity contribution in [2.75, 3.05) is 39.5 Å². The zero-order valence-corrected chi connectivity index (χ0v) is 14.8. The number of amides is 2. The molecule has 1 atom stereocenters. The van der Waals surface area contributed by atoms with E-state index in [2.05, 4.69) is 0 Å². The largest absolute Gasteiger partial charge is 0.494 e. The van der Waals surface area contributed by atoms with Gasteiger partial charge in [-0.3, -0.25) is 9.59 Å². The molecule has 2 saturated heterocycles. The van der Waals surface area contributed by atoms with Gasteiger partial charge >= 0.3 is 0 Å². The zero-order chi connectivity index (χ0) is 17.6. The molecule has 3 rings (SSSR count). The van der Waals surface area contributed by atoms with Crippen molar-refractivity contribution in [3.8, 4) is 5.75 Å². The summed E-state index contributed by atoms with van der Waals surface area (Å²) in [5, 5.41) is 0. The predicted molar refractivity (Wildman–Crippen MR) is 93.7 cm³/mol. The Morgan fingerprint density at radius 3 is 2.52 bits per heavy atom. The van der Waals surface area contributed by atoms with Crippen LogP contribution in [0.25, 0.3) is 0 Å². The first-order chi connectivity index (χ1) is 12.2. The summed E-state index contributed by atoms with van der Waals surface area (Å²) in [6.07, 6.45) is 2.66. The van der Waals surface area contributed by atoms with Crippen molar-refractivity contribution in [2.24, 2.45) is 0 Å². The second-order valence-corrected chi connectivity index (χ2v) is 6.41. The first-order valence-electron chi connectivity index (χ1n) is 9.11. The Balaban J connectivity index is 1.73. The number of benzene rings is 1. The lowest BCUT2D eigenvalue weighted by atomic mass is 9.99. The van der Waals surface area contributed by atoms with E-state index in [-0.39, 0.29) is 17.9 Å². The van der Waals surface area contributed by atoms with Crippen molar-refractivity contribution in [2.45, 2.75) is 32.2 Å². The van der Waals surface area contributed by atoms with Crippen LogP contribution < -0.4 is 4.74 Å². The van der Waals surface area contributed by atoms with Crippen molar-refractivity contribution < 1.29 is 19.1 Å². The number of piperidine rings is 1. The van der Waals surface area contributed by atoms with Gasteiger partial charge in [-0.05, 0) is 50.5 Å². The van der Waals surface area contributed by atoms with E-state index in [9.17, 15) is 9.59 Å². The maximum Gasteiger partial charge on any atom is 0.254 e. The van der Waals surface area contributed by atoms with E-state index in [1.54, 1.807) is 29.2 Å². The fourth-order valence-electron chi connectivity index (χ4n) is 3.45. The van der Waals surface area contributed by atoms with Crippen LogP contribution in [0.5, 0.6) is 5.75 Å². The summed E-state index contributed by atoms with van der Waals surface area (Å²) in [6.45, 7) is 5.52. The molecule has 6 nitrogen and oxygen atoms in total. The van der Waals surface area contributed by atoms with Gasteiger partial charge in [-0.25, -0.2) is 0 Å². The summed E-state index contributed by atoms with van der Waals surface area (Å²) in [4.78, 5) is 29.4. The van der Waals surface area contributed by atoms with E-state index in [1.807, 2.05) is 11.8 Å². The fraction of sp³-hybridized carbons (Fsp3) is 0.579. The van der Waals surface area contributed by atoms with Gasteiger partial charge in [-0.2, -0.15) is 0 Å². The van der Waals surface area contributed by atoms with E-state index in [0.29, 0.717) is 45.0 Å². The van der Waals surface area contributed by atoms with Crippen molar-refractivity contribution in [1.82, 2.24) is 9.80 Å². The minimum Gasteiger partial charge on any atom is -0.494 e. The van der Waals surface area contributed by atoms with Gasteiger partial charge in [0.15, 0.2) is 0 Å². The highest BCUT2D eigenvalue weighted by atomic mass is 16.5. The van der Waals surface area contributed by atoms with Crippen LogP contribution >= 0.6 is 0 Å². The topological polar surface area (TPSA) is 59.1 Å². The molecule has 2 aliphatic rings. The van der Waals surface area contributed by atoms with Crippen molar-refractivity contribution >= 4 is 11.8 Å². The molecule has 2 fully saturated rings. The van der Waals surface area contributed by atoms with Crippen LogP contribution in [0.15, 0.2) is 24.3 Å². The number of carbonyl (C=O) groups is 2. The third-order valence-electron chi connectivity index (χ3n) is 4.78. The molecule has 2 heterocycles. The monoisotopic (exact) mass is 346 g/mol. The van der Waals surface area contributed by atoms with E-state index in [4.69, 9.17) is 9.47 Å². The first kappa shape index (κ1) is 17.7. The maximum absolute atomic E-state index is 13.0. The fourth-order valence-corrected chi connectivity index (χ4v) is 3.45. The molecule has 2 aliphatic heterocycles. The van der Waals surface area contributed by atoms with Crippen LogP contribution in [-0.4, -0.2) is 67.1 Å². The summed E-state index contributed by atoms with van der Waals surface area (Å²) in [6, 6.07) is 6.81. The lowest BCUT2D eigenvalue weighted by Crippen LogP contribution is -2.55. The van der Waals surface area contributed by atoms with Crippen LogP contribution in [0, 0.1) is 0 Å². The van der Waals surface area contributed by atoms with Gasteiger partial charge < -0.3 is 19.3 Å². The third kappa shape index (κ3) is 4.12. The molecule has 1 aromatic carbocycles. The van der Waals surface area contributed by atoms with Crippen LogP contribution in [0.1, 0.15) is 36.5 Å². The number of rotatable bonds is 4. The summed E-state index contributed by atoms with van der Waals surface area (Å²) in [5.74, 6) is 0.732. The highest BCUT2D eigenvalue weighted by Gasteiger charge is 2.35. The number of hydrogen-bond donors (Lipinski definition) is 0. The Bertz CT molecular complexity index is 596. The first-order valence-corrected chi connectivity index (χ1v) is 9.11. The minimum absolute atomic E-state index is 0.0577. The Labute approximate surface area is 148 Å². The molecular weight excluding hydrogens is 320 g/mol. The van der Waals surface area contributed by atoms with E-state index in [0.717, 1.165) is 25.0 Å². The molecule has 6 heteroatoms. The highest BCUT2D eigenvalue weighted by molar-refractivity contribution is 5.97. The Morgan fingerprint density at radius 1 is 1.12 bits per heavy atom. The molecule has 0 saturated carbocycles. The second-order valence-electron chi connectivity index (χ2n) is 6.41. The van der Waals surface area contributed by atoms with E-state index in [1.165, 1.54) is 0 Å². The van der Waals surface area contributed by atoms with Gasteiger partial charge in [0.25, 0.3) is 5.91 Å². The average Bonchev–Trinajstić information content (AvgIpc) is 2.68. The van der Waals surface area contributed by atoms with Crippen LogP contribution in [0.4, 0.5) is 0 Å². The standard InChI is InChI=1S/C19H26N2O4/c1-2-25-16-8-6-15(7-9-16)18(22)21-10-4-3-5-17(21)19(23)20-11-13-24-14-12-20/h6-9,17H,2-5,10-14H2,1H3/t17-/m1/s1. The lowest BCUT2D eigenvalue weighted by molar-refractivity contribution is -0.141. The van der Waals surface area contributed by atoms with Gasteiger partial charge in [-0.15, -0.1) is 0 Å². The van der Waals surface area contributed by atoms with Gasteiger partial charge in [0.1, 0.15) is 11.8 Å². The summed E-state index contributed by atoms with van der Waals surface area (Å²) in [5.41, 5.74) is 0.602. The van der Waals surface area contributed by atoms with E-state index < -0.39 is 0 Å². The number of likely N-dealkylation sites (tertiary alicyclic amines) is 1. The SMILES string of the molecule is CCOc1ccc(C(=O)N2CCCC[C@@H]2C(=O)N2CCOCC2)cc1. The maximum atomic E-state index is 13.0. The molecule has 0 N–H and O–H groups in total. The van der Waals surface area contributed by atoms with Crippen molar-refractivity contribution in [3.63, 3.8) is 0 Å². The molecule has 0 bridgehead atoms. The quantitative estimate of drug-likeness (QED) is 0.836. The Morgan fingerprint density at radius 2 is 1.84 bits per heavy atom. The number of carbonyl (C=O) groups excluding carboxylic acids is 2. The van der Waals surface area contributed by atoms with Crippen LogP contribution in [0.3, 0.4) is 0 Å². The van der Waals surface area contributed by atoms with Gasteiger partial charge in [0.05, 0.1) is 19.8 Å². The van der Waals surface area contributed by atoms with Crippen LogP contribution in [0.2, 0.25) is 0 Å². The molecule has 0 spiro atoms.